The summed E-state index contributed by atoms with van der Waals surface area (Å²) in [7, 11) is 1.55. The molecule has 0 fully saturated rings. The molecule has 2 aromatic carbocycles. The molecule has 0 saturated carbocycles. The van der Waals surface area contributed by atoms with Crippen LogP contribution in [0.3, 0.4) is 0 Å². The number of ether oxygens (including phenoxy) is 1. The quantitative estimate of drug-likeness (QED) is 0.922. The van der Waals surface area contributed by atoms with Gasteiger partial charge in [0, 0.05) is 12.6 Å². The first-order valence-corrected chi connectivity index (χ1v) is 6.21. The van der Waals surface area contributed by atoms with Gasteiger partial charge in [0.1, 0.15) is 11.6 Å². The lowest BCUT2D eigenvalue weighted by Gasteiger charge is -2.11. The molecule has 2 rings (SSSR count). The number of benzene rings is 2. The van der Waals surface area contributed by atoms with Crippen LogP contribution in [0.5, 0.6) is 5.75 Å². The molecule has 0 aliphatic heterocycles. The summed E-state index contributed by atoms with van der Waals surface area (Å²) in [5, 5.41) is 12.0. The molecule has 0 aliphatic rings. The Kier molecular flexibility index (Phi) is 4.21. The largest absolute Gasteiger partial charge is 0.495 e. The van der Waals surface area contributed by atoms with Crippen LogP contribution in [-0.2, 0) is 6.54 Å². The molecule has 2 aromatic rings. The molecule has 0 heterocycles. The van der Waals surface area contributed by atoms with Crippen molar-refractivity contribution in [3.05, 3.63) is 58.9 Å². The summed E-state index contributed by atoms with van der Waals surface area (Å²) < 4.78 is 18.7. The van der Waals surface area contributed by atoms with E-state index in [9.17, 15) is 4.39 Å². The van der Waals surface area contributed by atoms with Gasteiger partial charge in [-0.15, -0.1) is 0 Å². The molecule has 0 atom stereocenters. The van der Waals surface area contributed by atoms with Gasteiger partial charge in [-0.1, -0.05) is 12.1 Å². The molecule has 0 bridgehead atoms. The first-order chi connectivity index (χ1) is 9.63. The zero-order valence-corrected chi connectivity index (χ0v) is 11.4. The van der Waals surface area contributed by atoms with E-state index < -0.39 is 0 Å². The summed E-state index contributed by atoms with van der Waals surface area (Å²) in [5.74, 6) is 0.382. The van der Waals surface area contributed by atoms with Crippen molar-refractivity contribution in [1.29, 1.82) is 5.26 Å². The summed E-state index contributed by atoms with van der Waals surface area (Å²) in [4.78, 5) is 0. The van der Waals surface area contributed by atoms with Crippen LogP contribution in [-0.4, -0.2) is 7.11 Å². The molecule has 20 heavy (non-hydrogen) atoms. The van der Waals surface area contributed by atoms with E-state index in [2.05, 4.69) is 11.4 Å². The number of hydrogen-bond acceptors (Lipinski definition) is 3. The van der Waals surface area contributed by atoms with Gasteiger partial charge in [0.25, 0.3) is 0 Å². The number of methoxy groups -OCH3 is 1. The van der Waals surface area contributed by atoms with E-state index >= 15 is 0 Å². The van der Waals surface area contributed by atoms with Gasteiger partial charge in [-0.25, -0.2) is 4.39 Å². The fourth-order valence-corrected chi connectivity index (χ4v) is 1.85. The Hall–Kier alpha value is -2.54. The lowest BCUT2D eigenvalue weighted by Crippen LogP contribution is -2.02. The van der Waals surface area contributed by atoms with Gasteiger partial charge in [-0.2, -0.15) is 5.26 Å². The van der Waals surface area contributed by atoms with Gasteiger partial charge >= 0.3 is 0 Å². The van der Waals surface area contributed by atoms with Crippen molar-refractivity contribution in [3.63, 3.8) is 0 Å². The highest BCUT2D eigenvalue weighted by atomic mass is 19.1. The molecule has 102 valence electrons. The van der Waals surface area contributed by atoms with Crippen LogP contribution < -0.4 is 10.1 Å². The molecule has 1 N–H and O–H groups in total. The Labute approximate surface area is 117 Å². The average Bonchev–Trinajstić information content (AvgIpc) is 2.48. The van der Waals surface area contributed by atoms with E-state index in [-0.39, 0.29) is 5.82 Å². The molecule has 0 saturated heterocycles. The van der Waals surface area contributed by atoms with E-state index in [0.29, 0.717) is 23.4 Å². The summed E-state index contributed by atoms with van der Waals surface area (Å²) >= 11 is 0. The zero-order chi connectivity index (χ0) is 14.5. The number of nitrogens with zero attached hydrogens (tertiary/aromatic N) is 1. The minimum Gasteiger partial charge on any atom is -0.495 e. The van der Waals surface area contributed by atoms with Gasteiger partial charge in [-0.3, -0.25) is 0 Å². The summed E-state index contributed by atoms with van der Waals surface area (Å²) in [6, 6.07) is 12.4. The Bertz CT molecular complexity index is 662. The van der Waals surface area contributed by atoms with Crippen molar-refractivity contribution in [2.24, 2.45) is 0 Å². The fourth-order valence-electron chi connectivity index (χ4n) is 1.85. The first-order valence-electron chi connectivity index (χ1n) is 6.21. The second-order valence-corrected chi connectivity index (χ2v) is 4.46. The van der Waals surface area contributed by atoms with E-state index in [0.717, 1.165) is 11.3 Å². The fraction of sp³-hybridized carbons (Fsp3) is 0.188. The molecule has 0 aromatic heterocycles. The van der Waals surface area contributed by atoms with Crippen molar-refractivity contribution in [3.8, 4) is 11.8 Å². The normalized spacial score (nSPS) is 9.90. The van der Waals surface area contributed by atoms with Gasteiger partial charge in [0.2, 0.25) is 0 Å². The Morgan fingerprint density at radius 1 is 1.25 bits per heavy atom. The number of anilines is 1. The summed E-state index contributed by atoms with van der Waals surface area (Å²) in [6.07, 6.45) is 0. The smallest absolute Gasteiger partial charge is 0.143 e. The predicted molar refractivity (Wildman–Crippen MR) is 76.2 cm³/mol. The van der Waals surface area contributed by atoms with E-state index in [1.807, 2.05) is 6.07 Å². The number of nitrogens with one attached hydrogen (secondary N) is 1. The monoisotopic (exact) mass is 270 g/mol. The third-order valence-electron chi connectivity index (χ3n) is 3.05. The molecular weight excluding hydrogens is 255 g/mol. The highest BCUT2D eigenvalue weighted by molar-refractivity contribution is 5.59. The molecular formula is C16H15FN2O. The van der Waals surface area contributed by atoms with Crippen LogP contribution in [0.1, 0.15) is 16.7 Å². The second kappa shape index (κ2) is 6.07. The molecule has 3 nitrogen and oxygen atoms in total. The van der Waals surface area contributed by atoms with Crippen LogP contribution >= 0.6 is 0 Å². The maximum Gasteiger partial charge on any atom is 0.143 e. The second-order valence-electron chi connectivity index (χ2n) is 4.46. The maximum absolute atomic E-state index is 13.5. The SMILES string of the molecule is COc1cc(C#N)ccc1NCc1ccc(C)c(F)c1. The van der Waals surface area contributed by atoms with Crippen LogP contribution in [0, 0.1) is 24.1 Å². The standard InChI is InChI=1S/C16H15FN2O/c1-11-3-4-13(7-14(11)17)10-19-15-6-5-12(9-18)8-16(15)20-2/h3-8,19H,10H2,1-2H3. The van der Waals surface area contributed by atoms with Crippen LogP contribution in [0.15, 0.2) is 36.4 Å². The number of aryl methyl sites for hydroxylation is 1. The van der Waals surface area contributed by atoms with Crippen molar-refractivity contribution >= 4 is 5.69 Å². The van der Waals surface area contributed by atoms with Crippen molar-refractivity contribution in [1.82, 2.24) is 0 Å². The average molecular weight is 270 g/mol. The van der Waals surface area contributed by atoms with E-state index in [1.165, 1.54) is 6.07 Å². The van der Waals surface area contributed by atoms with Gasteiger partial charge in [-0.05, 0) is 36.2 Å². The Morgan fingerprint density at radius 2 is 2.05 bits per heavy atom. The van der Waals surface area contributed by atoms with Gasteiger partial charge < -0.3 is 10.1 Å². The van der Waals surface area contributed by atoms with Crippen molar-refractivity contribution in [2.45, 2.75) is 13.5 Å². The number of nitriles is 1. The molecule has 0 aliphatic carbocycles. The Morgan fingerprint density at radius 3 is 2.70 bits per heavy atom. The summed E-state index contributed by atoms with van der Waals surface area (Å²) in [5.41, 5.74) is 2.78. The highest BCUT2D eigenvalue weighted by Gasteiger charge is 2.05. The molecule has 4 heteroatoms. The number of rotatable bonds is 4. The van der Waals surface area contributed by atoms with E-state index in [4.69, 9.17) is 10.00 Å². The Balaban J connectivity index is 2.14. The van der Waals surface area contributed by atoms with Crippen molar-refractivity contribution < 1.29 is 9.13 Å². The lowest BCUT2D eigenvalue weighted by molar-refractivity contribution is 0.416. The molecule has 0 radical (unpaired) electrons. The number of halogens is 1. The lowest BCUT2D eigenvalue weighted by atomic mass is 10.1. The number of hydrogen-bond donors (Lipinski definition) is 1. The minimum atomic E-state index is -0.212. The summed E-state index contributed by atoms with van der Waals surface area (Å²) in [6.45, 7) is 2.22. The van der Waals surface area contributed by atoms with Crippen LogP contribution in [0.4, 0.5) is 10.1 Å². The molecule has 0 spiro atoms. The van der Waals surface area contributed by atoms with Crippen molar-refractivity contribution in [2.75, 3.05) is 12.4 Å². The van der Waals surface area contributed by atoms with E-state index in [1.54, 1.807) is 38.3 Å². The third-order valence-corrected chi connectivity index (χ3v) is 3.05. The minimum absolute atomic E-state index is 0.212. The predicted octanol–water partition coefficient (Wildman–Crippen LogP) is 3.63. The van der Waals surface area contributed by atoms with Gasteiger partial charge in [0.15, 0.2) is 0 Å². The first kappa shape index (κ1) is 13.9. The van der Waals surface area contributed by atoms with Gasteiger partial charge in [0.05, 0.1) is 24.4 Å². The molecule has 0 amide bonds. The maximum atomic E-state index is 13.5. The molecule has 0 unspecified atom stereocenters. The topological polar surface area (TPSA) is 45.0 Å². The zero-order valence-electron chi connectivity index (χ0n) is 11.4. The third kappa shape index (κ3) is 3.07. The highest BCUT2D eigenvalue weighted by Crippen LogP contribution is 2.26. The van der Waals surface area contributed by atoms with Crippen LogP contribution in [0.25, 0.3) is 0 Å². The van der Waals surface area contributed by atoms with Crippen LogP contribution in [0.2, 0.25) is 0 Å².